The molecule has 2 rings (SSSR count). The number of nitrogens with two attached hydrogens (primary N) is 1. The van der Waals surface area contributed by atoms with Crippen molar-refractivity contribution in [2.24, 2.45) is 5.73 Å². The van der Waals surface area contributed by atoms with E-state index in [-0.39, 0.29) is 11.4 Å². The predicted octanol–water partition coefficient (Wildman–Crippen LogP) is 2.40. The normalized spacial score (nSPS) is 19.1. The molecule has 0 aromatic heterocycles. The molecule has 1 atom stereocenters. The maximum Gasteiger partial charge on any atom is 0.237 e. The predicted molar refractivity (Wildman–Crippen MR) is 77.8 cm³/mol. The standard InChI is InChI=1S/C16H24N2O/c1-16(11-5-6-12-16)18-15(19)14(17)10-9-13-7-3-2-4-8-13/h2-4,7-8,14H,5-6,9-12,17H2,1H3,(H,18,19). The lowest BCUT2D eigenvalue weighted by atomic mass is 9.99. The monoisotopic (exact) mass is 260 g/mol. The van der Waals surface area contributed by atoms with Gasteiger partial charge in [-0.05, 0) is 38.2 Å². The van der Waals surface area contributed by atoms with Crippen LogP contribution in [-0.4, -0.2) is 17.5 Å². The lowest BCUT2D eigenvalue weighted by molar-refractivity contribution is -0.124. The van der Waals surface area contributed by atoms with Crippen LogP contribution in [0.1, 0.15) is 44.6 Å². The number of amides is 1. The Kier molecular flexibility index (Phi) is 4.59. The van der Waals surface area contributed by atoms with E-state index in [0.29, 0.717) is 6.42 Å². The van der Waals surface area contributed by atoms with Crippen molar-refractivity contribution in [3.8, 4) is 0 Å². The van der Waals surface area contributed by atoms with Crippen LogP contribution in [0.5, 0.6) is 0 Å². The third kappa shape index (κ3) is 4.06. The first-order valence-corrected chi connectivity index (χ1v) is 7.21. The first kappa shape index (κ1) is 14.1. The average molecular weight is 260 g/mol. The molecule has 19 heavy (non-hydrogen) atoms. The SMILES string of the molecule is CC1(NC(=O)C(N)CCc2ccccc2)CCCC1. The number of hydrogen-bond donors (Lipinski definition) is 2. The minimum absolute atomic E-state index is 0.000307. The fraction of sp³-hybridized carbons (Fsp3) is 0.562. The lowest BCUT2D eigenvalue weighted by Crippen LogP contribution is -2.50. The quantitative estimate of drug-likeness (QED) is 0.854. The molecule has 104 valence electrons. The molecule has 1 unspecified atom stereocenters. The summed E-state index contributed by atoms with van der Waals surface area (Å²) in [5.41, 5.74) is 7.20. The van der Waals surface area contributed by atoms with Crippen molar-refractivity contribution >= 4 is 5.91 Å². The van der Waals surface area contributed by atoms with E-state index in [1.165, 1.54) is 18.4 Å². The zero-order valence-electron chi connectivity index (χ0n) is 11.7. The Morgan fingerprint density at radius 1 is 1.32 bits per heavy atom. The molecule has 1 fully saturated rings. The van der Waals surface area contributed by atoms with Crippen molar-refractivity contribution < 1.29 is 4.79 Å². The van der Waals surface area contributed by atoms with Crippen molar-refractivity contribution in [1.82, 2.24) is 5.32 Å². The molecule has 3 heteroatoms. The van der Waals surface area contributed by atoms with Crippen LogP contribution in [0, 0.1) is 0 Å². The van der Waals surface area contributed by atoms with Crippen LogP contribution in [0.2, 0.25) is 0 Å². The summed E-state index contributed by atoms with van der Waals surface area (Å²) in [5.74, 6) is 0.000307. The second kappa shape index (κ2) is 6.20. The van der Waals surface area contributed by atoms with Gasteiger partial charge in [-0.2, -0.15) is 0 Å². The van der Waals surface area contributed by atoms with Gasteiger partial charge in [0.25, 0.3) is 0 Å². The third-order valence-electron chi connectivity index (χ3n) is 4.06. The zero-order chi connectivity index (χ0) is 13.7. The Bertz CT molecular complexity index is 410. The molecule has 1 aliphatic carbocycles. The molecule has 1 saturated carbocycles. The number of hydrogen-bond acceptors (Lipinski definition) is 2. The topological polar surface area (TPSA) is 55.1 Å². The number of rotatable bonds is 5. The van der Waals surface area contributed by atoms with E-state index in [4.69, 9.17) is 5.73 Å². The minimum atomic E-state index is -0.405. The molecule has 3 nitrogen and oxygen atoms in total. The summed E-state index contributed by atoms with van der Waals surface area (Å²) in [7, 11) is 0. The van der Waals surface area contributed by atoms with E-state index in [1.54, 1.807) is 0 Å². The van der Waals surface area contributed by atoms with E-state index in [2.05, 4.69) is 24.4 Å². The van der Waals surface area contributed by atoms with E-state index < -0.39 is 6.04 Å². The Morgan fingerprint density at radius 2 is 1.95 bits per heavy atom. The van der Waals surface area contributed by atoms with Gasteiger partial charge < -0.3 is 11.1 Å². The van der Waals surface area contributed by atoms with Gasteiger partial charge in [0.2, 0.25) is 5.91 Å². The Labute approximate surface area is 115 Å². The van der Waals surface area contributed by atoms with Gasteiger partial charge in [0.15, 0.2) is 0 Å². The summed E-state index contributed by atoms with van der Waals surface area (Å²) < 4.78 is 0. The van der Waals surface area contributed by atoms with E-state index in [0.717, 1.165) is 19.3 Å². The van der Waals surface area contributed by atoms with Crippen molar-refractivity contribution in [2.45, 2.75) is 57.0 Å². The molecule has 0 radical (unpaired) electrons. The van der Waals surface area contributed by atoms with Crippen molar-refractivity contribution in [1.29, 1.82) is 0 Å². The summed E-state index contributed by atoms with van der Waals surface area (Å²) in [6.07, 6.45) is 6.11. The average Bonchev–Trinajstić information content (AvgIpc) is 2.83. The van der Waals surface area contributed by atoms with Crippen LogP contribution in [-0.2, 0) is 11.2 Å². The molecule has 3 N–H and O–H groups in total. The molecule has 1 amide bonds. The molecule has 1 aliphatic rings. The lowest BCUT2D eigenvalue weighted by Gasteiger charge is -2.27. The second-order valence-corrected chi connectivity index (χ2v) is 5.89. The van der Waals surface area contributed by atoms with Gasteiger partial charge in [-0.3, -0.25) is 4.79 Å². The van der Waals surface area contributed by atoms with E-state index in [1.807, 2.05) is 18.2 Å². The van der Waals surface area contributed by atoms with Gasteiger partial charge in [-0.15, -0.1) is 0 Å². The number of carbonyl (C=O) groups is 1. The number of carbonyl (C=O) groups excluding carboxylic acids is 1. The van der Waals surface area contributed by atoms with Crippen LogP contribution in [0.3, 0.4) is 0 Å². The maximum absolute atomic E-state index is 12.1. The molecule has 0 aliphatic heterocycles. The van der Waals surface area contributed by atoms with E-state index >= 15 is 0 Å². The first-order valence-electron chi connectivity index (χ1n) is 7.21. The van der Waals surface area contributed by atoms with Crippen LogP contribution in [0.4, 0.5) is 0 Å². The molecular formula is C16H24N2O. The molecule has 0 heterocycles. The molecule has 1 aromatic rings. The van der Waals surface area contributed by atoms with Crippen molar-refractivity contribution in [3.05, 3.63) is 35.9 Å². The van der Waals surface area contributed by atoms with Gasteiger partial charge in [0, 0.05) is 5.54 Å². The van der Waals surface area contributed by atoms with Gasteiger partial charge in [-0.25, -0.2) is 0 Å². The molecule has 0 spiro atoms. The largest absolute Gasteiger partial charge is 0.350 e. The van der Waals surface area contributed by atoms with E-state index in [9.17, 15) is 4.79 Å². The fourth-order valence-electron chi connectivity index (χ4n) is 2.77. The molecule has 1 aromatic carbocycles. The molecule has 0 bridgehead atoms. The first-order chi connectivity index (χ1) is 9.09. The highest BCUT2D eigenvalue weighted by molar-refractivity contribution is 5.82. The van der Waals surface area contributed by atoms with Gasteiger partial charge in [-0.1, -0.05) is 43.2 Å². The van der Waals surface area contributed by atoms with Crippen molar-refractivity contribution in [3.63, 3.8) is 0 Å². The Morgan fingerprint density at radius 3 is 2.58 bits per heavy atom. The highest BCUT2D eigenvalue weighted by atomic mass is 16.2. The third-order valence-corrected chi connectivity index (χ3v) is 4.06. The zero-order valence-corrected chi connectivity index (χ0v) is 11.7. The number of nitrogens with one attached hydrogen (secondary N) is 1. The summed E-state index contributed by atoms with van der Waals surface area (Å²) in [6, 6.07) is 9.77. The smallest absolute Gasteiger partial charge is 0.237 e. The molecule has 0 saturated heterocycles. The van der Waals surface area contributed by atoms with Crippen LogP contribution in [0.15, 0.2) is 30.3 Å². The van der Waals surface area contributed by atoms with Crippen LogP contribution >= 0.6 is 0 Å². The Balaban J connectivity index is 1.79. The highest BCUT2D eigenvalue weighted by Crippen LogP contribution is 2.28. The van der Waals surface area contributed by atoms with Crippen molar-refractivity contribution in [2.75, 3.05) is 0 Å². The van der Waals surface area contributed by atoms with Gasteiger partial charge >= 0.3 is 0 Å². The van der Waals surface area contributed by atoms with Gasteiger partial charge in [0.1, 0.15) is 0 Å². The summed E-state index contributed by atoms with van der Waals surface area (Å²) in [6.45, 7) is 2.13. The number of benzene rings is 1. The maximum atomic E-state index is 12.1. The summed E-state index contributed by atoms with van der Waals surface area (Å²) >= 11 is 0. The summed E-state index contributed by atoms with van der Waals surface area (Å²) in [5, 5.41) is 3.13. The van der Waals surface area contributed by atoms with Gasteiger partial charge in [0.05, 0.1) is 6.04 Å². The highest BCUT2D eigenvalue weighted by Gasteiger charge is 2.31. The summed E-state index contributed by atoms with van der Waals surface area (Å²) in [4.78, 5) is 12.1. The minimum Gasteiger partial charge on any atom is -0.350 e. The Hall–Kier alpha value is -1.35. The van der Waals surface area contributed by atoms with Crippen LogP contribution < -0.4 is 11.1 Å². The second-order valence-electron chi connectivity index (χ2n) is 5.89. The van der Waals surface area contributed by atoms with Crippen LogP contribution in [0.25, 0.3) is 0 Å². The number of aryl methyl sites for hydroxylation is 1. The fourth-order valence-corrected chi connectivity index (χ4v) is 2.77. The molecular weight excluding hydrogens is 236 g/mol.